The van der Waals surface area contributed by atoms with E-state index in [4.69, 9.17) is 5.11 Å². The zero-order valence-corrected chi connectivity index (χ0v) is 6.54. The molecule has 0 aromatic carbocycles. The normalized spacial score (nSPS) is 30.4. The molecule has 0 radical (unpaired) electrons. The van der Waals surface area contributed by atoms with Gasteiger partial charge in [-0.25, -0.2) is 0 Å². The molecule has 1 saturated heterocycles. The van der Waals surface area contributed by atoms with E-state index in [-0.39, 0.29) is 24.7 Å². The summed E-state index contributed by atoms with van der Waals surface area (Å²) in [6.07, 6.45) is 1.61. The van der Waals surface area contributed by atoms with Crippen LogP contribution in [0.5, 0.6) is 0 Å². The Labute approximate surface area is 65.5 Å². The number of aliphatic hydroxyl groups is 1. The number of aliphatic hydroxyl groups excluding tert-OH is 1. The minimum absolute atomic E-state index is 0.0686. The van der Waals surface area contributed by atoms with E-state index in [0.29, 0.717) is 0 Å². The second kappa shape index (κ2) is 3.69. The lowest BCUT2D eigenvalue weighted by atomic mass is 10.2. The Kier molecular flexibility index (Phi) is 2.84. The minimum Gasteiger partial charge on any atom is -0.468 e. The molecule has 1 unspecified atom stereocenters. The highest BCUT2D eigenvalue weighted by Crippen LogP contribution is 2.12. The Balaban J connectivity index is 2.35. The molecule has 11 heavy (non-hydrogen) atoms. The molecule has 2 atom stereocenters. The van der Waals surface area contributed by atoms with Crippen LogP contribution in [0.1, 0.15) is 12.8 Å². The molecule has 0 bridgehead atoms. The standard InChI is InChI=1S/C7H13NO3/c1-11-7(10)6-3-2-5(4-9)8-6/h5-6,8-9H,2-4H2,1H3/t5?,6-/m0/s1. The number of carbonyl (C=O) groups excluding carboxylic acids is 1. The van der Waals surface area contributed by atoms with E-state index in [1.807, 2.05) is 0 Å². The van der Waals surface area contributed by atoms with Gasteiger partial charge in [0.15, 0.2) is 0 Å². The first kappa shape index (κ1) is 8.49. The van der Waals surface area contributed by atoms with Gasteiger partial charge in [0, 0.05) is 6.04 Å². The minimum atomic E-state index is -0.235. The average molecular weight is 159 g/mol. The fraction of sp³-hybridized carbons (Fsp3) is 0.857. The highest BCUT2D eigenvalue weighted by Gasteiger charge is 2.28. The van der Waals surface area contributed by atoms with Crippen LogP contribution < -0.4 is 5.32 Å². The van der Waals surface area contributed by atoms with Gasteiger partial charge in [-0.05, 0) is 12.8 Å². The first-order valence-electron chi connectivity index (χ1n) is 3.72. The first-order valence-corrected chi connectivity index (χ1v) is 3.72. The summed E-state index contributed by atoms with van der Waals surface area (Å²) in [7, 11) is 1.37. The third-order valence-electron chi connectivity index (χ3n) is 1.95. The van der Waals surface area contributed by atoms with Gasteiger partial charge in [-0.2, -0.15) is 0 Å². The van der Waals surface area contributed by atoms with Crippen LogP contribution in [-0.4, -0.2) is 36.9 Å². The summed E-state index contributed by atoms with van der Waals surface area (Å²) in [6.45, 7) is 0.0908. The highest BCUT2D eigenvalue weighted by atomic mass is 16.5. The molecule has 0 aromatic heterocycles. The van der Waals surface area contributed by atoms with Gasteiger partial charge >= 0.3 is 5.97 Å². The van der Waals surface area contributed by atoms with Crippen molar-refractivity contribution in [3.63, 3.8) is 0 Å². The van der Waals surface area contributed by atoms with Crippen LogP contribution in [-0.2, 0) is 9.53 Å². The Hall–Kier alpha value is -0.610. The number of methoxy groups -OCH3 is 1. The molecule has 4 nitrogen and oxygen atoms in total. The lowest BCUT2D eigenvalue weighted by molar-refractivity contribution is -0.142. The maximum Gasteiger partial charge on any atom is 0.322 e. The van der Waals surface area contributed by atoms with Crippen LogP contribution >= 0.6 is 0 Å². The third-order valence-corrected chi connectivity index (χ3v) is 1.95. The van der Waals surface area contributed by atoms with Gasteiger partial charge < -0.3 is 9.84 Å². The molecule has 0 aromatic rings. The predicted molar refractivity (Wildman–Crippen MR) is 39.0 cm³/mol. The Bertz CT molecular complexity index is 149. The molecule has 0 saturated carbocycles. The SMILES string of the molecule is COC(=O)[C@@H]1CCC(CO)N1. The van der Waals surface area contributed by atoms with Crippen LogP contribution in [0.15, 0.2) is 0 Å². The molecule has 1 rings (SSSR count). The van der Waals surface area contributed by atoms with Crippen LogP contribution in [0.3, 0.4) is 0 Å². The van der Waals surface area contributed by atoms with E-state index < -0.39 is 0 Å². The van der Waals surface area contributed by atoms with Crippen molar-refractivity contribution in [2.45, 2.75) is 24.9 Å². The van der Waals surface area contributed by atoms with E-state index in [0.717, 1.165) is 12.8 Å². The fourth-order valence-electron chi connectivity index (χ4n) is 1.29. The maximum atomic E-state index is 10.9. The van der Waals surface area contributed by atoms with Crippen LogP contribution in [0.2, 0.25) is 0 Å². The zero-order chi connectivity index (χ0) is 8.27. The van der Waals surface area contributed by atoms with E-state index in [1.165, 1.54) is 7.11 Å². The van der Waals surface area contributed by atoms with E-state index in [2.05, 4.69) is 10.1 Å². The molecule has 2 N–H and O–H groups in total. The van der Waals surface area contributed by atoms with Gasteiger partial charge in [0.25, 0.3) is 0 Å². The monoisotopic (exact) mass is 159 g/mol. The number of nitrogens with one attached hydrogen (secondary N) is 1. The summed E-state index contributed by atoms with van der Waals surface area (Å²) in [4.78, 5) is 10.9. The molecule has 0 aliphatic carbocycles. The predicted octanol–water partition coefficient (Wildman–Crippen LogP) is -0.728. The van der Waals surface area contributed by atoms with Crippen molar-refractivity contribution < 1.29 is 14.6 Å². The van der Waals surface area contributed by atoms with E-state index >= 15 is 0 Å². The molecule has 1 fully saturated rings. The molecule has 1 aliphatic rings. The van der Waals surface area contributed by atoms with Crippen molar-refractivity contribution in [3.05, 3.63) is 0 Å². The summed E-state index contributed by atoms with van der Waals surface area (Å²) in [5.74, 6) is -0.235. The second-order valence-electron chi connectivity index (χ2n) is 2.70. The van der Waals surface area contributed by atoms with E-state index in [1.54, 1.807) is 0 Å². The molecule has 1 heterocycles. The summed E-state index contributed by atoms with van der Waals surface area (Å²) in [6, 6.07) is -0.142. The van der Waals surface area contributed by atoms with Crippen molar-refractivity contribution >= 4 is 5.97 Å². The van der Waals surface area contributed by atoms with Gasteiger partial charge in [-0.1, -0.05) is 0 Å². The number of carbonyl (C=O) groups is 1. The number of ether oxygens (including phenoxy) is 1. The largest absolute Gasteiger partial charge is 0.468 e. The molecular weight excluding hydrogens is 146 g/mol. The van der Waals surface area contributed by atoms with E-state index in [9.17, 15) is 4.79 Å². The van der Waals surface area contributed by atoms with Gasteiger partial charge in [-0.3, -0.25) is 10.1 Å². The van der Waals surface area contributed by atoms with Crippen molar-refractivity contribution in [2.75, 3.05) is 13.7 Å². The zero-order valence-electron chi connectivity index (χ0n) is 6.54. The van der Waals surface area contributed by atoms with Crippen LogP contribution in [0, 0.1) is 0 Å². The van der Waals surface area contributed by atoms with Gasteiger partial charge in [0.1, 0.15) is 6.04 Å². The average Bonchev–Trinajstić information content (AvgIpc) is 2.50. The second-order valence-corrected chi connectivity index (χ2v) is 2.70. The number of hydrogen-bond acceptors (Lipinski definition) is 4. The molecule has 0 amide bonds. The topological polar surface area (TPSA) is 58.6 Å². The summed E-state index contributed by atoms with van der Waals surface area (Å²) in [5.41, 5.74) is 0. The molecule has 64 valence electrons. The van der Waals surface area contributed by atoms with Crippen molar-refractivity contribution in [1.29, 1.82) is 0 Å². The van der Waals surface area contributed by atoms with Crippen molar-refractivity contribution in [1.82, 2.24) is 5.32 Å². The molecule has 0 spiro atoms. The fourth-order valence-corrected chi connectivity index (χ4v) is 1.29. The summed E-state index contributed by atoms with van der Waals surface area (Å²) in [5, 5.41) is 11.7. The smallest absolute Gasteiger partial charge is 0.322 e. The Morgan fingerprint density at radius 2 is 2.45 bits per heavy atom. The lowest BCUT2D eigenvalue weighted by Crippen LogP contribution is -2.37. The number of hydrogen-bond donors (Lipinski definition) is 2. The quantitative estimate of drug-likeness (QED) is 0.522. The highest BCUT2D eigenvalue weighted by molar-refractivity contribution is 5.76. The van der Waals surface area contributed by atoms with Crippen LogP contribution in [0.25, 0.3) is 0 Å². The van der Waals surface area contributed by atoms with Gasteiger partial charge in [0.2, 0.25) is 0 Å². The van der Waals surface area contributed by atoms with Gasteiger partial charge in [0.05, 0.1) is 13.7 Å². The van der Waals surface area contributed by atoms with Crippen LogP contribution in [0.4, 0.5) is 0 Å². The van der Waals surface area contributed by atoms with Crippen molar-refractivity contribution in [2.24, 2.45) is 0 Å². The first-order chi connectivity index (χ1) is 5.27. The number of rotatable bonds is 2. The molecule has 1 aliphatic heterocycles. The maximum absolute atomic E-state index is 10.9. The Morgan fingerprint density at radius 3 is 2.91 bits per heavy atom. The van der Waals surface area contributed by atoms with Crippen molar-refractivity contribution in [3.8, 4) is 0 Å². The number of esters is 1. The molecular formula is C7H13NO3. The third kappa shape index (κ3) is 1.91. The summed E-state index contributed by atoms with van der Waals surface area (Å²) < 4.78 is 4.54. The summed E-state index contributed by atoms with van der Waals surface area (Å²) >= 11 is 0. The van der Waals surface area contributed by atoms with Gasteiger partial charge in [-0.15, -0.1) is 0 Å². The Morgan fingerprint density at radius 1 is 1.73 bits per heavy atom. The lowest BCUT2D eigenvalue weighted by Gasteiger charge is -2.09. The molecule has 4 heteroatoms.